The second-order valence-electron chi connectivity index (χ2n) is 3.73. The highest BCUT2D eigenvalue weighted by atomic mass is 32.2. The molecule has 0 bridgehead atoms. The lowest BCUT2D eigenvalue weighted by atomic mass is 10.2. The number of aliphatic carboxylic acids is 1. The van der Waals surface area contributed by atoms with E-state index in [4.69, 9.17) is 9.63 Å². The molecule has 1 atom stereocenters. The summed E-state index contributed by atoms with van der Waals surface area (Å²) in [5.41, 5.74) is 0. The van der Waals surface area contributed by atoms with Gasteiger partial charge in [0.25, 0.3) is 0 Å². The summed E-state index contributed by atoms with van der Waals surface area (Å²) in [5.74, 6) is 0.335. The number of carboxylic acids is 1. The number of rotatable bonds is 7. The third kappa shape index (κ3) is 5.60. The summed E-state index contributed by atoms with van der Waals surface area (Å²) >= 11 is 1.52. The van der Waals surface area contributed by atoms with E-state index in [0.717, 1.165) is 0 Å². The topological polar surface area (TPSA) is 117 Å². The van der Waals surface area contributed by atoms with Crippen LogP contribution in [-0.2, 0) is 11.3 Å². The lowest BCUT2D eigenvalue weighted by Crippen LogP contribution is -2.46. The zero-order chi connectivity index (χ0) is 14.3. The van der Waals surface area contributed by atoms with Crippen molar-refractivity contribution >= 4 is 23.8 Å². The Kier molecular flexibility index (Phi) is 6.13. The van der Waals surface area contributed by atoms with Crippen molar-refractivity contribution in [2.24, 2.45) is 0 Å². The lowest BCUT2D eigenvalue weighted by molar-refractivity contribution is -0.139. The Morgan fingerprint density at radius 2 is 2.26 bits per heavy atom. The second kappa shape index (κ2) is 7.62. The van der Waals surface area contributed by atoms with Crippen LogP contribution in [0.3, 0.4) is 0 Å². The van der Waals surface area contributed by atoms with Gasteiger partial charge in [0.05, 0.1) is 6.54 Å². The largest absolute Gasteiger partial charge is 0.480 e. The third-order valence-corrected chi connectivity index (χ3v) is 2.83. The Hall–Kier alpha value is -1.77. The first kappa shape index (κ1) is 15.3. The quantitative estimate of drug-likeness (QED) is 0.664. The molecule has 0 aliphatic rings. The maximum absolute atomic E-state index is 11.5. The number of carboxylic acid groups (broad SMARTS) is 1. The van der Waals surface area contributed by atoms with E-state index in [1.165, 1.54) is 11.8 Å². The predicted molar refractivity (Wildman–Crippen MR) is 68.8 cm³/mol. The molecule has 1 aromatic rings. The lowest BCUT2D eigenvalue weighted by Gasteiger charge is -2.13. The molecule has 0 aromatic carbocycles. The molecule has 2 amide bonds. The van der Waals surface area contributed by atoms with Crippen molar-refractivity contribution in [3.63, 3.8) is 0 Å². The molecule has 1 aromatic heterocycles. The smallest absolute Gasteiger partial charge is 0.326 e. The summed E-state index contributed by atoms with van der Waals surface area (Å²) in [7, 11) is 0. The van der Waals surface area contributed by atoms with Gasteiger partial charge in [-0.2, -0.15) is 16.7 Å². The number of amides is 2. The number of thioether (sulfide) groups is 1. The third-order valence-electron chi connectivity index (χ3n) is 2.18. The van der Waals surface area contributed by atoms with Gasteiger partial charge in [0, 0.05) is 0 Å². The Labute approximate surface area is 114 Å². The van der Waals surface area contributed by atoms with Crippen LogP contribution in [0.4, 0.5) is 4.79 Å². The van der Waals surface area contributed by atoms with Crippen LogP contribution >= 0.6 is 11.8 Å². The van der Waals surface area contributed by atoms with Crippen LogP contribution in [0.25, 0.3) is 0 Å². The normalized spacial score (nSPS) is 11.9. The van der Waals surface area contributed by atoms with E-state index in [1.54, 1.807) is 6.92 Å². The van der Waals surface area contributed by atoms with Crippen LogP contribution in [0.1, 0.15) is 18.1 Å². The van der Waals surface area contributed by atoms with Gasteiger partial charge in [0.2, 0.25) is 5.89 Å². The number of nitrogens with zero attached hydrogens (tertiary/aromatic N) is 2. The molecule has 1 heterocycles. The summed E-state index contributed by atoms with van der Waals surface area (Å²) in [6.07, 6.45) is 2.24. The van der Waals surface area contributed by atoms with Gasteiger partial charge in [-0.15, -0.1) is 0 Å². The number of carbonyl (C=O) groups is 2. The summed E-state index contributed by atoms with van der Waals surface area (Å²) in [6.45, 7) is 1.72. The molecule has 0 saturated carbocycles. The van der Waals surface area contributed by atoms with Gasteiger partial charge in [-0.05, 0) is 25.4 Å². The molecule has 8 nitrogen and oxygen atoms in total. The summed E-state index contributed by atoms with van der Waals surface area (Å²) in [6, 6.07) is -1.48. The molecular formula is C10H16N4O4S. The Morgan fingerprint density at radius 1 is 1.53 bits per heavy atom. The molecule has 0 spiro atoms. The zero-order valence-corrected chi connectivity index (χ0v) is 11.5. The fourth-order valence-electron chi connectivity index (χ4n) is 1.27. The summed E-state index contributed by atoms with van der Waals surface area (Å²) < 4.78 is 4.81. The maximum Gasteiger partial charge on any atom is 0.326 e. The molecule has 0 aliphatic heterocycles. The standard InChI is InChI=1S/C10H16N4O4S/c1-6-12-8(18-14-6)5-11-10(17)13-7(9(15)16)3-4-19-2/h7H,3-5H2,1-2H3,(H,15,16)(H2,11,13,17). The first-order valence-electron chi connectivity index (χ1n) is 5.58. The number of hydrogen-bond acceptors (Lipinski definition) is 6. The fraction of sp³-hybridized carbons (Fsp3) is 0.600. The average molecular weight is 288 g/mol. The number of aromatic nitrogens is 2. The van der Waals surface area contributed by atoms with E-state index >= 15 is 0 Å². The van der Waals surface area contributed by atoms with Crippen molar-refractivity contribution < 1.29 is 19.2 Å². The van der Waals surface area contributed by atoms with Gasteiger partial charge in [-0.3, -0.25) is 0 Å². The van der Waals surface area contributed by atoms with Crippen molar-refractivity contribution in [1.82, 2.24) is 20.8 Å². The summed E-state index contributed by atoms with van der Waals surface area (Å²) in [4.78, 5) is 26.4. The van der Waals surface area contributed by atoms with Crippen LogP contribution in [-0.4, -0.2) is 45.3 Å². The molecule has 0 saturated heterocycles. The first-order chi connectivity index (χ1) is 9.02. The van der Waals surface area contributed by atoms with E-state index < -0.39 is 18.0 Å². The molecule has 1 rings (SSSR count). The number of urea groups is 1. The second-order valence-corrected chi connectivity index (χ2v) is 4.72. The Bertz CT molecular complexity index is 437. The van der Waals surface area contributed by atoms with E-state index in [1.807, 2.05) is 6.26 Å². The Balaban J connectivity index is 2.37. The van der Waals surface area contributed by atoms with Gasteiger partial charge in [0.1, 0.15) is 6.04 Å². The monoisotopic (exact) mass is 288 g/mol. The SMILES string of the molecule is CSCCC(NC(=O)NCc1nc(C)no1)C(=O)O. The van der Waals surface area contributed by atoms with Crippen LogP contribution in [0.5, 0.6) is 0 Å². The minimum atomic E-state index is -1.06. The van der Waals surface area contributed by atoms with Crippen LogP contribution in [0.15, 0.2) is 4.52 Å². The molecule has 0 aliphatic carbocycles. The number of carbonyl (C=O) groups excluding carboxylic acids is 1. The highest BCUT2D eigenvalue weighted by Crippen LogP contribution is 2.01. The Morgan fingerprint density at radius 3 is 2.79 bits per heavy atom. The number of nitrogens with one attached hydrogen (secondary N) is 2. The molecule has 9 heteroatoms. The van der Waals surface area contributed by atoms with Crippen molar-refractivity contribution in [2.75, 3.05) is 12.0 Å². The molecule has 106 valence electrons. The van der Waals surface area contributed by atoms with E-state index in [-0.39, 0.29) is 12.4 Å². The van der Waals surface area contributed by atoms with Crippen LogP contribution in [0.2, 0.25) is 0 Å². The molecule has 1 unspecified atom stereocenters. The highest BCUT2D eigenvalue weighted by Gasteiger charge is 2.19. The van der Waals surface area contributed by atoms with Gasteiger partial charge < -0.3 is 20.3 Å². The average Bonchev–Trinajstić information content (AvgIpc) is 2.77. The van der Waals surface area contributed by atoms with Gasteiger partial charge >= 0.3 is 12.0 Å². The molecule has 3 N–H and O–H groups in total. The van der Waals surface area contributed by atoms with Crippen molar-refractivity contribution in [2.45, 2.75) is 25.9 Å². The zero-order valence-electron chi connectivity index (χ0n) is 10.7. The highest BCUT2D eigenvalue weighted by molar-refractivity contribution is 7.98. The minimum Gasteiger partial charge on any atom is -0.480 e. The van der Waals surface area contributed by atoms with Crippen molar-refractivity contribution in [3.05, 3.63) is 11.7 Å². The molecule has 19 heavy (non-hydrogen) atoms. The summed E-state index contributed by atoms with van der Waals surface area (Å²) in [5, 5.41) is 17.3. The molecular weight excluding hydrogens is 272 g/mol. The maximum atomic E-state index is 11.5. The van der Waals surface area contributed by atoms with Gasteiger partial charge in [-0.1, -0.05) is 5.16 Å². The minimum absolute atomic E-state index is 0.0571. The van der Waals surface area contributed by atoms with Crippen LogP contribution < -0.4 is 10.6 Å². The molecule has 0 radical (unpaired) electrons. The van der Waals surface area contributed by atoms with Gasteiger partial charge in [-0.25, -0.2) is 9.59 Å². The van der Waals surface area contributed by atoms with Gasteiger partial charge in [0.15, 0.2) is 5.82 Å². The van der Waals surface area contributed by atoms with E-state index in [0.29, 0.717) is 18.0 Å². The number of aryl methyl sites for hydroxylation is 1. The number of hydrogen-bond donors (Lipinski definition) is 3. The predicted octanol–water partition coefficient (Wildman–Crippen LogP) is 0.384. The van der Waals surface area contributed by atoms with Crippen molar-refractivity contribution in [3.8, 4) is 0 Å². The van der Waals surface area contributed by atoms with Crippen LogP contribution in [0, 0.1) is 6.92 Å². The van der Waals surface area contributed by atoms with E-state index in [9.17, 15) is 9.59 Å². The first-order valence-corrected chi connectivity index (χ1v) is 6.97. The fourth-order valence-corrected chi connectivity index (χ4v) is 1.74. The molecule has 0 fully saturated rings. The van der Waals surface area contributed by atoms with Crippen molar-refractivity contribution in [1.29, 1.82) is 0 Å². The van der Waals surface area contributed by atoms with E-state index in [2.05, 4.69) is 20.8 Å².